The molecule has 0 nitrogen and oxygen atoms in total. The van der Waals surface area contributed by atoms with E-state index < -0.39 is 0 Å². The van der Waals surface area contributed by atoms with Gasteiger partial charge in [-0.15, -0.1) is 0 Å². The predicted octanol–water partition coefficient (Wildman–Crippen LogP) is 2.74. The molecule has 0 saturated heterocycles. The van der Waals surface area contributed by atoms with Crippen molar-refractivity contribution in [1.82, 2.24) is 0 Å². The highest BCUT2D eigenvalue weighted by atomic mass is 32.1. The molecule has 1 aliphatic carbocycles. The summed E-state index contributed by atoms with van der Waals surface area (Å²) in [4.78, 5) is 0. The lowest BCUT2D eigenvalue weighted by atomic mass is 10.0. The first-order valence-corrected chi connectivity index (χ1v) is 4.40. The summed E-state index contributed by atoms with van der Waals surface area (Å²) >= 11 is 4.36. The van der Waals surface area contributed by atoms with E-state index in [9.17, 15) is 0 Å². The van der Waals surface area contributed by atoms with Crippen LogP contribution < -0.4 is 0 Å². The van der Waals surface area contributed by atoms with Crippen LogP contribution in [0.15, 0.2) is 0 Å². The van der Waals surface area contributed by atoms with Crippen LogP contribution in [0.2, 0.25) is 0 Å². The first-order chi connectivity index (χ1) is 4.20. The zero-order chi connectivity index (χ0) is 6.85. The van der Waals surface area contributed by atoms with Gasteiger partial charge in [-0.2, -0.15) is 12.6 Å². The third-order valence-corrected chi connectivity index (χ3v) is 2.35. The minimum absolute atomic E-state index is 0.598. The molecule has 0 aromatic heterocycles. The normalized spacial score (nSPS) is 25.7. The number of hydrogen-bond donors (Lipinski definition) is 1. The van der Waals surface area contributed by atoms with Crippen molar-refractivity contribution in [2.75, 3.05) is 0 Å². The summed E-state index contributed by atoms with van der Waals surface area (Å²) in [5.41, 5.74) is 0. The Morgan fingerprint density at radius 1 is 1.44 bits per heavy atom. The minimum atomic E-state index is 0.598. The Morgan fingerprint density at radius 3 is 2.33 bits per heavy atom. The summed E-state index contributed by atoms with van der Waals surface area (Å²) in [5.74, 6) is 1.98. The Morgan fingerprint density at radius 2 is 2.00 bits per heavy atom. The van der Waals surface area contributed by atoms with E-state index in [1.165, 1.54) is 19.3 Å². The van der Waals surface area contributed by atoms with Crippen LogP contribution in [0.5, 0.6) is 0 Å². The maximum absolute atomic E-state index is 4.36. The average Bonchev–Trinajstić information content (AvgIpc) is 2.40. The molecule has 2 unspecified atom stereocenters. The largest absolute Gasteiger partial charge is 0.176 e. The van der Waals surface area contributed by atoms with E-state index in [0.717, 1.165) is 11.8 Å². The van der Waals surface area contributed by atoms with Crippen molar-refractivity contribution in [3.8, 4) is 0 Å². The van der Waals surface area contributed by atoms with Gasteiger partial charge < -0.3 is 0 Å². The van der Waals surface area contributed by atoms with Gasteiger partial charge in [-0.25, -0.2) is 0 Å². The molecule has 0 aromatic rings. The van der Waals surface area contributed by atoms with Gasteiger partial charge in [0.05, 0.1) is 0 Å². The Hall–Kier alpha value is 0.350. The molecule has 1 saturated carbocycles. The van der Waals surface area contributed by atoms with Gasteiger partial charge in [0.1, 0.15) is 0 Å². The molecule has 0 N–H and O–H groups in total. The van der Waals surface area contributed by atoms with Crippen LogP contribution in [-0.4, -0.2) is 5.25 Å². The van der Waals surface area contributed by atoms with E-state index in [-0.39, 0.29) is 0 Å². The van der Waals surface area contributed by atoms with Crippen LogP contribution in [-0.2, 0) is 0 Å². The lowest BCUT2D eigenvalue weighted by Gasteiger charge is -2.10. The quantitative estimate of drug-likeness (QED) is 0.578. The molecule has 0 aliphatic heterocycles. The Kier molecular flexibility index (Phi) is 2.45. The molecule has 0 bridgehead atoms. The second-order valence-electron chi connectivity index (χ2n) is 3.40. The van der Waals surface area contributed by atoms with Crippen LogP contribution in [0.25, 0.3) is 0 Å². The summed E-state index contributed by atoms with van der Waals surface area (Å²) in [6.07, 6.45) is 4.25. The summed E-state index contributed by atoms with van der Waals surface area (Å²) in [5, 5.41) is 0.598. The summed E-state index contributed by atoms with van der Waals surface area (Å²) < 4.78 is 0. The van der Waals surface area contributed by atoms with Crippen molar-refractivity contribution < 1.29 is 0 Å². The molecule has 1 rings (SSSR count). The molecule has 2 atom stereocenters. The van der Waals surface area contributed by atoms with Gasteiger partial charge in [0.25, 0.3) is 0 Å². The van der Waals surface area contributed by atoms with Gasteiger partial charge in [-0.05, 0) is 36.3 Å². The number of hydrogen-bond acceptors (Lipinski definition) is 1. The van der Waals surface area contributed by atoms with Crippen LogP contribution in [0, 0.1) is 11.8 Å². The molecule has 9 heavy (non-hydrogen) atoms. The van der Waals surface area contributed by atoms with E-state index >= 15 is 0 Å². The Labute approximate surface area is 63.4 Å². The van der Waals surface area contributed by atoms with Crippen LogP contribution in [0.3, 0.4) is 0 Å². The molecule has 0 spiro atoms. The maximum Gasteiger partial charge on any atom is -0.000895 e. The standard InChI is InChI=1S/C8H16S/c1-6(5-7(2)9)8-3-4-8/h6-9H,3-5H2,1-2H3. The van der Waals surface area contributed by atoms with Crippen molar-refractivity contribution in [3.63, 3.8) is 0 Å². The smallest absolute Gasteiger partial charge is 0.000895 e. The topological polar surface area (TPSA) is 0 Å². The van der Waals surface area contributed by atoms with Gasteiger partial charge in [0.2, 0.25) is 0 Å². The van der Waals surface area contributed by atoms with Crippen LogP contribution in [0.1, 0.15) is 33.1 Å². The van der Waals surface area contributed by atoms with Crippen molar-refractivity contribution >= 4 is 12.6 Å². The summed E-state index contributed by atoms with van der Waals surface area (Å²) in [6, 6.07) is 0. The number of thiol groups is 1. The van der Waals surface area contributed by atoms with Gasteiger partial charge in [-0.1, -0.05) is 13.8 Å². The fourth-order valence-electron chi connectivity index (χ4n) is 1.40. The average molecular weight is 144 g/mol. The highest BCUT2D eigenvalue weighted by Gasteiger charge is 2.27. The third-order valence-electron chi connectivity index (χ3n) is 2.14. The highest BCUT2D eigenvalue weighted by Crippen LogP contribution is 2.38. The maximum atomic E-state index is 4.36. The molecule has 0 radical (unpaired) electrons. The van der Waals surface area contributed by atoms with E-state index in [4.69, 9.17) is 0 Å². The van der Waals surface area contributed by atoms with E-state index in [2.05, 4.69) is 26.5 Å². The molecular weight excluding hydrogens is 128 g/mol. The molecule has 1 fully saturated rings. The minimum Gasteiger partial charge on any atom is -0.176 e. The van der Waals surface area contributed by atoms with Crippen molar-refractivity contribution in [3.05, 3.63) is 0 Å². The highest BCUT2D eigenvalue weighted by molar-refractivity contribution is 7.80. The van der Waals surface area contributed by atoms with Gasteiger partial charge in [0.15, 0.2) is 0 Å². The Bertz CT molecular complexity index is 84.6. The SMILES string of the molecule is CC(S)CC(C)C1CC1. The lowest BCUT2D eigenvalue weighted by molar-refractivity contribution is 0.471. The van der Waals surface area contributed by atoms with Gasteiger partial charge >= 0.3 is 0 Å². The fourth-order valence-corrected chi connectivity index (χ4v) is 1.73. The zero-order valence-electron chi connectivity index (χ0n) is 6.30. The molecule has 0 amide bonds. The molecule has 1 aliphatic rings. The predicted molar refractivity (Wildman–Crippen MR) is 45.0 cm³/mol. The fraction of sp³-hybridized carbons (Fsp3) is 1.00. The second kappa shape index (κ2) is 2.96. The van der Waals surface area contributed by atoms with E-state index in [0.29, 0.717) is 5.25 Å². The van der Waals surface area contributed by atoms with Crippen molar-refractivity contribution in [1.29, 1.82) is 0 Å². The molecule has 0 heterocycles. The van der Waals surface area contributed by atoms with Crippen LogP contribution >= 0.6 is 12.6 Å². The molecule has 54 valence electrons. The van der Waals surface area contributed by atoms with Gasteiger partial charge in [0, 0.05) is 0 Å². The monoisotopic (exact) mass is 144 g/mol. The van der Waals surface area contributed by atoms with E-state index in [1.54, 1.807) is 0 Å². The first-order valence-electron chi connectivity index (χ1n) is 3.88. The molecule has 0 aromatic carbocycles. The van der Waals surface area contributed by atoms with Crippen molar-refractivity contribution in [2.45, 2.75) is 38.4 Å². The second-order valence-corrected chi connectivity index (χ2v) is 4.28. The van der Waals surface area contributed by atoms with E-state index in [1.807, 2.05) is 0 Å². The first kappa shape index (κ1) is 7.46. The van der Waals surface area contributed by atoms with Crippen molar-refractivity contribution in [2.24, 2.45) is 11.8 Å². The zero-order valence-corrected chi connectivity index (χ0v) is 7.20. The molecular formula is C8H16S. The summed E-state index contributed by atoms with van der Waals surface area (Å²) in [7, 11) is 0. The van der Waals surface area contributed by atoms with Gasteiger partial charge in [-0.3, -0.25) is 0 Å². The summed E-state index contributed by atoms with van der Waals surface area (Å²) in [6.45, 7) is 4.53. The third kappa shape index (κ3) is 2.61. The lowest BCUT2D eigenvalue weighted by Crippen LogP contribution is -2.03. The molecule has 1 heteroatoms. The number of rotatable bonds is 3. The van der Waals surface area contributed by atoms with Crippen LogP contribution in [0.4, 0.5) is 0 Å². The Balaban J connectivity index is 2.10.